The molecule has 2 aliphatic carbocycles. The summed E-state index contributed by atoms with van der Waals surface area (Å²) in [7, 11) is 16.8. The molecule has 0 saturated carbocycles. The molecule has 4 rings (SSSR count). The van der Waals surface area contributed by atoms with Crippen molar-refractivity contribution in [3.05, 3.63) is 81.9 Å². The van der Waals surface area contributed by atoms with Crippen LogP contribution in [0.5, 0.6) is 0 Å². The van der Waals surface area contributed by atoms with Crippen LogP contribution in [0, 0.1) is 0 Å². The van der Waals surface area contributed by atoms with Crippen LogP contribution in [0.3, 0.4) is 0 Å². The van der Waals surface area contributed by atoms with Crippen LogP contribution in [-0.4, -0.2) is 6.65 Å². The predicted octanol–water partition coefficient (Wildman–Crippen LogP) is 8.19. The van der Waals surface area contributed by atoms with E-state index in [0.717, 1.165) is 17.0 Å². The standard InChI is InChI=1S/2C11H11.C2H5.CH5Si.2ClH.Zr/c2*1-2-9-7-10-5-3-4-6-11(10)8-9;2*1-2;;;/h2*3-8H,2H2,1H3;1H2,2H3;2H2,1H3;2*1H;/q;;;;;;+2/p-2. The Morgan fingerprint density at radius 2 is 1.17 bits per heavy atom. The summed E-state index contributed by atoms with van der Waals surface area (Å²) in [6, 6.07) is 17.7. The van der Waals surface area contributed by atoms with E-state index in [9.17, 15) is 0 Å². The van der Waals surface area contributed by atoms with Crippen molar-refractivity contribution in [3.63, 3.8) is 0 Å². The minimum atomic E-state index is -4.92. The molecule has 0 aromatic heterocycles. The van der Waals surface area contributed by atoms with Crippen molar-refractivity contribution in [1.82, 2.24) is 0 Å². The van der Waals surface area contributed by atoms with Crippen LogP contribution in [0.15, 0.2) is 59.7 Å². The maximum absolute atomic E-state index is 8.39. The molecule has 0 amide bonds. The first kappa shape index (κ1) is 21.8. The van der Waals surface area contributed by atoms with E-state index in [0.29, 0.717) is 0 Å². The molecule has 0 heterocycles. The van der Waals surface area contributed by atoms with Gasteiger partial charge in [-0.3, -0.25) is 0 Å². The fraction of sp³-hybridized carbons (Fsp3) is 0.360. The van der Waals surface area contributed by atoms with Crippen LogP contribution < -0.4 is 0 Å². The molecule has 29 heavy (non-hydrogen) atoms. The molecule has 2 aliphatic rings. The van der Waals surface area contributed by atoms with Crippen LogP contribution >= 0.6 is 17.0 Å². The molecule has 2 unspecified atom stereocenters. The summed E-state index contributed by atoms with van der Waals surface area (Å²) in [5.41, 5.74) is 8.37. The first-order valence-electron chi connectivity index (χ1n) is 11.2. The number of hydrogen-bond acceptors (Lipinski definition) is 0. The summed E-state index contributed by atoms with van der Waals surface area (Å²) in [6.45, 7) is 8.51. The van der Waals surface area contributed by atoms with Crippen LogP contribution in [0.25, 0.3) is 12.2 Å². The molecule has 0 N–H and O–H groups in total. The van der Waals surface area contributed by atoms with Gasteiger partial charge in [0, 0.05) is 0 Å². The Bertz CT molecular complexity index is 967. The normalized spacial score (nSPS) is 23.4. The number of fused-ring (bicyclic) bond motifs is 2. The first-order chi connectivity index (χ1) is 13.8. The number of hydrogen-bond donors (Lipinski definition) is 0. The van der Waals surface area contributed by atoms with Crippen LogP contribution in [0.4, 0.5) is 0 Å². The van der Waals surface area contributed by atoms with Gasteiger partial charge in [-0.1, -0.05) is 0 Å². The Morgan fingerprint density at radius 1 is 0.759 bits per heavy atom. The zero-order valence-corrected chi connectivity index (χ0v) is 23.4. The average molecular weight is 523 g/mol. The van der Waals surface area contributed by atoms with Gasteiger partial charge in [0.15, 0.2) is 0 Å². The monoisotopic (exact) mass is 520 g/mol. The molecule has 2 aromatic rings. The van der Waals surface area contributed by atoms with Crippen molar-refractivity contribution in [3.8, 4) is 0 Å². The van der Waals surface area contributed by atoms with Crippen molar-refractivity contribution in [2.45, 2.75) is 51.5 Å². The Balaban J connectivity index is 2.08. The van der Waals surface area contributed by atoms with E-state index in [1.165, 1.54) is 33.4 Å². The van der Waals surface area contributed by atoms with Gasteiger partial charge in [-0.05, 0) is 0 Å². The summed E-state index contributed by atoms with van der Waals surface area (Å²) in [5.74, 6) is 0. The molecule has 0 nitrogen and oxygen atoms in total. The summed E-state index contributed by atoms with van der Waals surface area (Å²) in [6.07, 6.45) is 6.82. The van der Waals surface area contributed by atoms with Gasteiger partial charge >= 0.3 is 183 Å². The number of allylic oxidation sites excluding steroid dienone is 2. The van der Waals surface area contributed by atoms with Gasteiger partial charge in [0.1, 0.15) is 0 Å². The zero-order chi connectivity index (χ0) is 20.9. The number of benzene rings is 2. The molecular weight excluding hydrogens is 490 g/mol. The SMILES string of the molecule is CCC1=Cc2ccccc2[CH]1[Zr]([Cl])([Cl])([CH2]C)([SiH2]C)[CH]1C(CC)=Cc2ccccc21. The maximum atomic E-state index is 8.39. The quantitative estimate of drug-likeness (QED) is 0.336. The summed E-state index contributed by atoms with van der Waals surface area (Å²) >= 11 is -4.92. The molecule has 0 aliphatic heterocycles. The zero-order valence-electron chi connectivity index (χ0n) is 18.0. The van der Waals surface area contributed by atoms with Gasteiger partial charge in [0.25, 0.3) is 0 Å². The minimum absolute atomic E-state index is 0.216. The molecule has 4 heteroatoms. The topological polar surface area (TPSA) is 0 Å². The molecule has 0 bridgehead atoms. The molecule has 0 spiro atoms. The van der Waals surface area contributed by atoms with Gasteiger partial charge in [-0.15, -0.1) is 0 Å². The first-order valence-corrected chi connectivity index (χ1v) is 29.4. The third kappa shape index (κ3) is 2.85. The molecule has 0 saturated heterocycles. The second kappa shape index (κ2) is 7.06. The predicted molar refractivity (Wildman–Crippen MR) is 131 cm³/mol. The van der Waals surface area contributed by atoms with E-state index in [-0.39, 0.29) is 7.25 Å². The molecule has 0 radical (unpaired) electrons. The van der Waals surface area contributed by atoms with E-state index in [2.05, 4.69) is 88.0 Å². The van der Waals surface area contributed by atoms with Crippen molar-refractivity contribution >= 4 is 35.8 Å². The number of halogens is 2. The van der Waals surface area contributed by atoms with Crippen LogP contribution in [0.2, 0.25) is 10.7 Å². The van der Waals surface area contributed by atoms with E-state index in [1.807, 2.05) is 0 Å². The Kier molecular flexibility index (Phi) is 5.31. The van der Waals surface area contributed by atoms with E-state index in [1.54, 1.807) is 0 Å². The molecule has 154 valence electrons. The van der Waals surface area contributed by atoms with Gasteiger partial charge in [0.2, 0.25) is 0 Å². The van der Waals surface area contributed by atoms with E-state index >= 15 is 0 Å². The third-order valence-electron chi connectivity index (χ3n) is 8.29. The molecule has 2 atom stereocenters. The van der Waals surface area contributed by atoms with Gasteiger partial charge in [0.05, 0.1) is 0 Å². The second-order valence-electron chi connectivity index (χ2n) is 9.25. The second-order valence-corrected chi connectivity index (χ2v) is 63.1. The number of rotatable bonds is 6. The Morgan fingerprint density at radius 3 is 1.52 bits per heavy atom. The molecular formula is C25H32Cl2SiZr. The Labute approximate surface area is 182 Å². The van der Waals surface area contributed by atoms with Gasteiger partial charge < -0.3 is 0 Å². The van der Waals surface area contributed by atoms with Gasteiger partial charge in [-0.25, -0.2) is 0 Å². The average Bonchev–Trinajstić information content (AvgIpc) is 3.34. The fourth-order valence-corrected chi connectivity index (χ4v) is 44.1. The molecule has 2 aromatic carbocycles. The van der Waals surface area contributed by atoms with Crippen molar-refractivity contribution < 1.29 is 14.1 Å². The van der Waals surface area contributed by atoms with Crippen molar-refractivity contribution in [1.29, 1.82) is 0 Å². The van der Waals surface area contributed by atoms with E-state index < -0.39 is 20.7 Å². The molecule has 0 fully saturated rings. The summed E-state index contributed by atoms with van der Waals surface area (Å²) < 4.78 is 1.36. The fourth-order valence-electron chi connectivity index (χ4n) is 6.49. The third-order valence-corrected chi connectivity index (χ3v) is 65.1. The Hall–Kier alpha value is -0.400. The van der Waals surface area contributed by atoms with E-state index in [4.69, 9.17) is 17.0 Å². The summed E-state index contributed by atoms with van der Waals surface area (Å²) in [5, 5.41) is 0. The van der Waals surface area contributed by atoms with Crippen molar-refractivity contribution in [2.75, 3.05) is 0 Å². The van der Waals surface area contributed by atoms with Crippen LogP contribution in [-0.2, 0) is 14.1 Å². The van der Waals surface area contributed by atoms with Crippen molar-refractivity contribution in [2.24, 2.45) is 0 Å². The summed E-state index contributed by atoms with van der Waals surface area (Å²) in [4.78, 5) is 0. The van der Waals surface area contributed by atoms with Gasteiger partial charge in [-0.2, -0.15) is 0 Å². The van der Waals surface area contributed by atoms with Crippen LogP contribution in [0.1, 0.15) is 63.1 Å².